The number of likely N-dealkylation sites (tertiary alicyclic amines) is 1. The molecule has 3 heterocycles. The number of ether oxygens (including phenoxy) is 3. The second kappa shape index (κ2) is 6.51. The first-order valence-corrected chi connectivity index (χ1v) is 8.22. The summed E-state index contributed by atoms with van der Waals surface area (Å²) < 4.78 is 16.4. The number of urea groups is 1. The lowest BCUT2D eigenvalue weighted by Crippen LogP contribution is -2.34. The maximum Gasteiger partial charge on any atom is 0.321 e. The Balaban J connectivity index is 1.33. The number of amides is 2. The minimum absolute atomic E-state index is 0.0438. The lowest BCUT2D eigenvalue weighted by molar-refractivity contribution is 0.174. The summed E-state index contributed by atoms with van der Waals surface area (Å²) >= 11 is 0. The molecule has 130 valence electrons. The van der Waals surface area contributed by atoms with Gasteiger partial charge in [-0.25, -0.2) is 9.78 Å². The minimum atomic E-state index is -0.151. The summed E-state index contributed by atoms with van der Waals surface area (Å²) in [7, 11) is 0. The van der Waals surface area contributed by atoms with Gasteiger partial charge in [-0.1, -0.05) is 6.07 Å². The number of carbonyl (C=O) groups excluding carboxylic acids is 1. The van der Waals surface area contributed by atoms with E-state index in [1.807, 2.05) is 19.1 Å². The molecule has 0 saturated carbocycles. The normalized spacial score (nSPS) is 18.3. The summed E-state index contributed by atoms with van der Waals surface area (Å²) in [6, 6.07) is 9.01. The van der Waals surface area contributed by atoms with Gasteiger partial charge >= 0.3 is 6.03 Å². The summed E-state index contributed by atoms with van der Waals surface area (Å²) in [4.78, 5) is 18.4. The van der Waals surface area contributed by atoms with E-state index in [1.165, 1.54) is 0 Å². The Morgan fingerprint density at radius 1 is 1.28 bits per heavy atom. The molecule has 0 spiro atoms. The Morgan fingerprint density at radius 3 is 3.00 bits per heavy atom. The Morgan fingerprint density at radius 2 is 2.16 bits per heavy atom. The van der Waals surface area contributed by atoms with E-state index >= 15 is 0 Å². The van der Waals surface area contributed by atoms with E-state index in [9.17, 15) is 4.79 Å². The molecule has 1 aromatic heterocycles. The van der Waals surface area contributed by atoms with Crippen LogP contribution in [0.15, 0.2) is 36.5 Å². The molecule has 0 bridgehead atoms. The fourth-order valence-corrected chi connectivity index (χ4v) is 2.88. The SMILES string of the molecule is Cc1ccc(O[C@H]2CCN(C(=O)Nc3ccc4c(c3)OCO4)C2)nc1. The number of aromatic nitrogens is 1. The summed E-state index contributed by atoms with van der Waals surface area (Å²) in [6.07, 6.45) is 2.51. The van der Waals surface area contributed by atoms with E-state index in [1.54, 1.807) is 29.3 Å². The van der Waals surface area contributed by atoms with Gasteiger partial charge in [-0.2, -0.15) is 0 Å². The number of rotatable bonds is 3. The number of nitrogens with one attached hydrogen (secondary N) is 1. The van der Waals surface area contributed by atoms with Crippen molar-refractivity contribution in [3.8, 4) is 17.4 Å². The Labute approximate surface area is 145 Å². The van der Waals surface area contributed by atoms with Crippen molar-refractivity contribution in [2.75, 3.05) is 25.2 Å². The van der Waals surface area contributed by atoms with Crippen LogP contribution in [0.4, 0.5) is 10.5 Å². The molecule has 4 rings (SSSR count). The molecule has 1 atom stereocenters. The van der Waals surface area contributed by atoms with E-state index in [-0.39, 0.29) is 18.9 Å². The highest BCUT2D eigenvalue weighted by Crippen LogP contribution is 2.34. The fourth-order valence-electron chi connectivity index (χ4n) is 2.88. The molecule has 1 fully saturated rings. The van der Waals surface area contributed by atoms with Gasteiger partial charge in [0.15, 0.2) is 11.5 Å². The summed E-state index contributed by atoms with van der Waals surface area (Å²) in [5.41, 5.74) is 1.77. The van der Waals surface area contributed by atoms with Crippen molar-refractivity contribution < 1.29 is 19.0 Å². The van der Waals surface area contributed by atoms with Gasteiger partial charge in [0.25, 0.3) is 0 Å². The number of aryl methyl sites for hydroxylation is 1. The van der Waals surface area contributed by atoms with Crippen LogP contribution in [0.3, 0.4) is 0 Å². The topological polar surface area (TPSA) is 72.9 Å². The lowest BCUT2D eigenvalue weighted by Gasteiger charge is -2.18. The van der Waals surface area contributed by atoms with Crippen LogP contribution in [-0.2, 0) is 0 Å². The predicted molar refractivity (Wildman–Crippen MR) is 91.2 cm³/mol. The highest BCUT2D eigenvalue weighted by Gasteiger charge is 2.28. The van der Waals surface area contributed by atoms with E-state index in [0.717, 1.165) is 12.0 Å². The van der Waals surface area contributed by atoms with Crippen molar-refractivity contribution in [2.24, 2.45) is 0 Å². The molecule has 2 aliphatic rings. The Bertz CT molecular complexity index is 778. The molecule has 0 unspecified atom stereocenters. The zero-order valence-electron chi connectivity index (χ0n) is 13.9. The molecule has 7 heteroatoms. The number of nitrogens with zero attached hydrogens (tertiary/aromatic N) is 2. The van der Waals surface area contributed by atoms with Gasteiger partial charge in [0.2, 0.25) is 12.7 Å². The Hall–Kier alpha value is -2.96. The first kappa shape index (κ1) is 15.6. The highest BCUT2D eigenvalue weighted by atomic mass is 16.7. The molecule has 0 radical (unpaired) electrons. The molecule has 1 aromatic carbocycles. The van der Waals surface area contributed by atoms with Crippen molar-refractivity contribution in [1.82, 2.24) is 9.88 Å². The van der Waals surface area contributed by atoms with Crippen LogP contribution >= 0.6 is 0 Å². The zero-order valence-corrected chi connectivity index (χ0v) is 13.9. The largest absolute Gasteiger partial charge is 0.472 e. The van der Waals surface area contributed by atoms with Gasteiger partial charge in [0.1, 0.15) is 6.10 Å². The van der Waals surface area contributed by atoms with E-state index in [2.05, 4.69) is 10.3 Å². The number of hydrogen-bond donors (Lipinski definition) is 1. The first-order valence-electron chi connectivity index (χ1n) is 8.22. The summed E-state index contributed by atoms with van der Waals surface area (Å²) in [6.45, 7) is 3.37. The van der Waals surface area contributed by atoms with Crippen LogP contribution in [0.2, 0.25) is 0 Å². The third kappa shape index (κ3) is 3.45. The van der Waals surface area contributed by atoms with Crippen molar-refractivity contribution >= 4 is 11.7 Å². The number of carbonyl (C=O) groups is 1. The summed E-state index contributed by atoms with van der Waals surface area (Å²) in [5.74, 6) is 1.93. The minimum Gasteiger partial charge on any atom is -0.472 e. The molecular weight excluding hydrogens is 322 g/mol. The van der Waals surface area contributed by atoms with Crippen LogP contribution in [0.25, 0.3) is 0 Å². The average molecular weight is 341 g/mol. The molecule has 2 aromatic rings. The van der Waals surface area contributed by atoms with E-state index in [4.69, 9.17) is 14.2 Å². The average Bonchev–Trinajstić information content (AvgIpc) is 3.26. The van der Waals surface area contributed by atoms with Gasteiger partial charge in [0, 0.05) is 37.0 Å². The second-order valence-electron chi connectivity index (χ2n) is 6.15. The number of benzene rings is 1. The van der Waals surface area contributed by atoms with E-state index in [0.29, 0.717) is 36.2 Å². The number of fused-ring (bicyclic) bond motifs is 1. The third-order valence-corrected chi connectivity index (χ3v) is 4.23. The van der Waals surface area contributed by atoms with Gasteiger partial charge < -0.3 is 24.4 Å². The number of pyridine rings is 1. The van der Waals surface area contributed by atoms with Crippen LogP contribution in [-0.4, -0.2) is 41.9 Å². The van der Waals surface area contributed by atoms with Gasteiger partial charge in [-0.05, 0) is 24.6 Å². The van der Waals surface area contributed by atoms with Crippen LogP contribution in [0.5, 0.6) is 17.4 Å². The zero-order chi connectivity index (χ0) is 17.2. The van der Waals surface area contributed by atoms with E-state index < -0.39 is 0 Å². The lowest BCUT2D eigenvalue weighted by atomic mass is 10.3. The van der Waals surface area contributed by atoms with Crippen LogP contribution < -0.4 is 19.5 Å². The van der Waals surface area contributed by atoms with Crippen LogP contribution in [0, 0.1) is 6.92 Å². The molecule has 7 nitrogen and oxygen atoms in total. The molecule has 1 N–H and O–H groups in total. The monoisotopic (exact) mass is 341 g/mol. The van der Waals surface area contributed by atoms with Crippen molar-refractivity contribution in [3.63, 3.8) is 0 Å². The molecular formula is C18H19N3O4. The van der Waals surface area contributed by atoms with Crippen molar-refractivity contribution in [3.05, 3.63) is 42.1 Å². The van der Waals surface area contributed by atoms with Crippen LogP contribution in [0.1, 0.15) is 12.0 Å². The van der Waals surface area contributed by atoms with Gasteiger partial charge in [0.05, 0.1) is 6.54 Å². The standard InChI is InChI=1S/C18H19N3O4/c1-12-2-5-17(19-9-12)25-14-6-7-21(10-14)18(22)20-13-3-4-15-16(8-13)24-11-23-15/h2-5,8-9,14H,6-7,10-11H2,1H3,(H,20,22)/t14-/m0/s1. The molecule has 25 heavy (non-hydrogen) atoms. The number of hydrogen-bond acceptors (Lipinski definition) is 5. The summed E-state index contributed by atoms with van der Waals surface area (Å²) in [5, 5.41) is 2.89. The molecule has 1 saturated heterocycles. The molecule has 0 aliphatic carbocycles. The fraction of sp³-hybridized carbons (Fsp3) is 0.333. The predicted octanol–water partition coefficient (Wildman–Crippen LogP) is 2.80. The van der Waals surface area contributed by atoms with Gasteiger partial charge in [-0.15, -0.1) is 0 Å². The van der Waals surface area contributed by atoms with Crippen molar-refractivity contribution in [2.45, 2.75) is 19.4 Å². The highest BCUT2D eigenvalue weighted by molar-refractivity contribution is 5.90. The molecule has 2 amide bonds. The quantitative estimate of drug-likeness (QED) is 0.929. The first-order chi connectivity index (χ1) is 12.2. The van der Waals surface area contributed by atoms with Gasteiger partial charge in [-0.3, -0.25) is 0 Å². The number of anilines is 1. The molecule has 2 aliphatic heterocycles. The van der Waals surface area contributed by atoms with Crippen molar-refractivity contribution in [1.29, 1.82) is 0 Å². The third-order valence-electron chi connectivity index (χ3n) is 4.23. The Kier molecular flexibility index (Phi) is 4.05. The maximum absolute atomic E-state index is 12.4. The smallest absolute Gasteiger partial charge is 0.321 e. The maximum atomic E-state index is 12.4. The second-order valence-corrected chi connectivity index (χ2v) is 6.15.